The zero-order valence-corrected chi connectivity index (χ0v) is 15.9. The molecular formula is C16H33N5O3. The summed E-state index contributed by atoms with van der Waals surface area (Å²) in [7, 11) is 3.47. The molecule has 0 atom stereocenters. The van der Waals surface area contributed by atoms with E-state index in [1.165, 1.54) is 0 Å². The molecule has 0 aliphatic carbocycles. The van der Waals surface area contributed by atoms with Crippen molar-refractivity contribution in [2.45, 2.75) is 46.1 Å². The van der Waals surface area contributed by atoms with Crippen LogP contribution in [0.4, 0.5) is 4.79 Å². The Hall–Kier alpha value is -1.99. The van der Waals surface area contributed by atoms with Crippen molar-refractivity contribution in [3.8, 4) is 0 Å². The second-order valence-corrected chi connectivity index (χ2v) is 6.51. The Balaban J connectivity index is 4.03. The molecule has 0 rings (SSSR count). The minimum atomic E-state index is -0.492. The van der Waals surface area contributed by atoms with Gasteiger partial charge in [0, 0.05) is 46.7 Å². The number of alkyl carbamates (subject to hydrolysis) is 1. The molecule has 24 heavy (non-hydrogen) atoms. The van der Waals surface area contributed by atoms with Crippen molar-refractivity contribution in [3.05, 3.63) is 0 Å². The summed E-state index contributed by atoms with van der Waals surface area (Å²) in [6, 6.07) is 0. The standard InChI is InChI=1S/C16H33N5O3/c1-7-17-14(19-12-9-13(22)21(5)6)18-10-8-11-20-15(23)24-16(2,3)4/h7-12H2,1-6H3,(H,20,23)(H2,17,18,19). The smallest absolute Gasteiger partial charge is 0.407 e. The average Bonchev–Trinajstić information content (AvgIpc) is 2.44. The fourth-order valence-corrected chi connectivity index (χ4v) is 1.63. The Bertz CT molecular complexity index is 416. The van der Waals surface area contributed by atoms with Gasteiger partial charge >= 0.3 is 6.09 Å². The van der Waals surface area contributed by atoms with Crippen molar-refractivity contribution in [2.24, 2.45) is 4.99 Å². The van der Waals surface area contributed by atoms with Crippen LogP contribution in [0.15, 0.2) is 4.99 Å². The largest absolute Gasteiger partial charge is 0.444 e. The molecule has 0 fully saturated rings. The number of aliphatic imine (C=N–C) groups is 1. The zero-order valence-electron chi connectivity index (χ0n) is 15.9. The van der Waals surface area contributed by atoms with Gasteiger partial charge in [-0.2, -0.15) is 0 Å². The van der Waals surface area contributed by atoms with Crippen LogP contribution in [-0.4, -0.2) is 68.7 Å². The minimum Gasteiger partial charge on any atom is -0.444 e. The quantitative estimate of drug-likeness (QED) is 0.346. The highest BCUT2D eigenvalue weighted by molar-refractivity contribution is 5.81. The van der Waals surface area contributed by atoms with Gasteiger partial charge in [-0.1, -0.05) is 0 Å². The third-order valence-corrected chi connectivity index (χ3v) is 2.75. The fourth-order valence-electron chi connectivity index (χ4n) is 1.63. The molecule has 0 spiro atoms. The Kier molecular flexibility index (Phi) is 10.6. The predicted molar refractivity (Wildman–Crippen MR) is 96.1 cm³/mol. The summed E-state index contributed by atoms with van der Waals surface area (Å²) in [5.41, 5.74) is -0.492. The SMILES string of the molecule is CCNC(=NCCCNC(=O)OC(C)(C)C)NCCC(=O)N(C)C. The number of guanidine groups is 1. The van der Waals surface area contributed by atoms with Crippen LogP contribution in [0.25, 0.3) is 0 Å². The lowest BCUT2D eigenvalue weighted by molar-refractivity contribution is -0.128. The molecule has 0 radical (unpaired) electrons. The van der Waals surface area contributed by atoms with Crippen molar-refractivity contribution >= 4 is 18.0 Å². The molecule has 0 aliphatic heterocycles. The molecule has 0 heterocycles. The molecule has 0 bridgehead atoms. The van der Waals surface area contributed by atoms with Crippen LogP contribution in [0, 0.1) is 0 Å². The van der Waals surface area contributed by atoms with Crippen LogP contribution >= 0.6 is 0 Å². The van der Waals surface area contributed by atoms with Crippen molar-refractivity contribution in [3.63, 3.8) is 0 Å². The maximum Gasteiger partial charge on any atom is 0.407 e. The Morgan fingerprint density at radius 3 is 2.29 bits per heavy atom. The normalized spacial score (nSPS) is 11.7. The third kappa shape index (κ3) is 12.5. The van der Waals surface area contributed by atoms with Crippen LogP contribution in [0.1, 0.15) is 40.5 Å². The van der Waals surface area contributed by atoms with Crippen LogP contribution in [0.5, 0.6) is 0 Å². The molecule has 0 saturated carbocycles. The highest BCUT2D eigenvalue weighted by Crippen LogP contribution is 2.06. The third-order valence-electron chi connectivity index (χ3n) is 2.75. The van der Waals surface area contributed by atoms with E-state index < -0.39 is 11.7 Å². The highest BCUT2D eigenvalue weighted by atomic mass is 16.6. The van der Waals surface area contributed by atoms with E-state index in [2.05, 4.69) is 20.9 Å². The van der Waals surface area contributed by atoms with E-state index in [-0.39, 0.29) is 5.91 Å². The lowest BCUT2D eigenvalue weighted by Gasteiger charge is -2.19. The number of nitrogens with one attached hydrogen (secondary N) is 3. The topological polar surface area (TPSA) is 95.1 Å². The zero-order chi connectivity index (χ0) is 18.6. The van der Waals surface area contributed by atoms with Gasteiger partial charge in [0.1, 0.15) is 5.60 Å². The first-order valence-corrected chi connectivity index (χ1v) is 8.35. The van der Waals surface area contributed by atoms with Gasteiger partial charge in [-0.05, 0) is 34.1 Å². The molecular weight excluding hydrogens is 310 g/mol. The number of amides is 2. The molecule has 0 aromatic rings. The van der Waals surface area contributed by atoms with Crippen LogP contribution < -0.4 is 16.0 Å². The van der Waals surface area contributed by atoms with Crippen molar-refractivity contribution < 1.29 is 14.3 Å². The van der Waals surface area contributed by atoms with Crippen molar-refractivity contribution in [1.29, 1.82) is 0 Å². The van der Waals surface area contributed by atoms with Gasteiger partial charge in [0.25, 0.3) is 0 Å². The summed E-state index contributed by atoms with van der Waals surface area (Å²) in [5, 5.41) is 8.93. The molecule has 3 N–H and O–H groups in total. The molecule has 2 amide bonds. The number of hydrogen-bond acceptors (Lipinski definition) is 4. The predicted octanol–water partition coefficient (Wildman–Crippen LogP) is 0.935. The van der Waals surface area contributed by atoms with E-state index in [4.69, 9.17) is 4.74 Å². The maximum atomic E-state index is 11.5. The van der Waals surface area contributed by atoms with Crippen LogP contribution in [0.3, 0.4) is 0 Å². The van der Waals surface area contributed by atoms with Crippen LogP contribution in [-0.2, 0) is 9.53 Å². The summed E-state index contributed by atoms with van der Waals surface area (Å²) in [4.78, 5) is 29.0. The lowest BCUT2D eigenvalue weighted by Crippen LogP contribution is -2.39. The Labute approximate surface area is 145 Å². The van der Waals surface area contributed by atoms with Gasteiger partial charge < -0.3 is 25.6 Å². The maximum absolute atomic E-state index is 11.5. The number of hydrogen-bond donors (Lipinski definition) is 3. The molecule has 0 aromatic heterocycles. The van der Waals surface area contributed by atoms with E-state index in [0.29, 0.717) is 38.4 Å². The van der Waals surface area contributed by atoms with Crippen LogP contribution in [0.2, 0.25) is 0 Å². The van der Waals surface area contributed by atoms with Crippen molar-refractivity contribution in [2.75, 3.05) is 40.3 Å². The number of carbonyl (C=O) groups is 2. The summed E-state index contributed by atoms with van der Waals surface area (Å²) < 4.78 is 5.15. The van der Waals surface area contributed by atoms with Gasteiger partial charge in [-0.3, -0.25) is 9.79 Å². The molecule has 0 aliphatic rings. The fraction of sp³-hybridized carbons (Fsp3) is 0.812. The van der Waals surface area contributed by atoms with Gasteiger partial charge in [0.15, 0.2) is 5.96 Å². The number of rotatable bonds is 8. The number of ether oxygens (including phenoxy) is 1. The first-order chi connectivity index (χ1) is 11.2. The van der Waals surface area contributed by atoms with E-state index in [1.807, 2.05) is 27.7 Å². The minimum absolute atomic E-state index is 0.0694. The monoisotopic (exact) mass is 343 g/mol. The number of nitrogens with zero attached hydrogens (tertiary/aromatic N) is 2. The summed E-state index contributed by atoms with van der Waals surface area (Å²) in [6.07, 6.45) is 0.697. The van der Waals surface area contributed by atoms with Gasteiger partial charge in [0.05, 0.1) is 0 Å². The van der Waals surface area contributed by atoms with E-state index in [0.717, 1.165) is 6.54 Å². The summed E-state index contributed by atoms with van der Waals surface area (Å²) in [6.45, 7) is 9.78. The average molecular weight is 343 g/mol. The van der Waals surface area contributed by atoms with Crippen molar-refractivity contribution in [1.82, 2.24) is 20.9 Å². The summed E-state index contributed by atoms with van der Waals surface area (Å²) in [5.74, 6) is 0.737. The Morgan fingerprint density at radius 1 is 1.08 bits per heavy atom. The lowest BCUT2D eigenvalue weighted by atomic mass is 10.2. The van der Waals surface area contributed by atoms with Gasteiger partial charge in [-0.25, -0.2) is 4.79 Å². The molecule has 0 aromatic carbocycles. The molecule has 0 unspecified atom stereocenters. The first-order valence-electron chi connectivity index (χ1n) is 8.35. The number of carbonyl (C=O) groups excluding carboxylic acids is 2. The molecule has 8 nitrogen and oxygen atoms in total. The first kappa shape index (κ1) is 22.0. The van der Waals surface area contributed by atoms with E-state index >= 15 is 0 Å². The Morgan fingerprint density at radius 2 is 1.75 bits per heavy atom. The second kappa shape index (κ2) is 11.5. The molecule has 140 valence electrons. The second-order valence-electron chi connectivity index (χ2n) is 6.51. The van der Waals surface area contributed by atoms with Gasteiger partial charge in [0.2, 0.25) is 5.91 Å². The van der Waals surface area contributed by atoms with E-state index in [1.54, 1.807) is 19.0 Å². The van der Waals surface area contributed by atoms with Gasteiger partial charge in [-0.15, -0.1) is 0 Å². The van der Waals surface area contributed by atoms with E-state index in [9.17, 15) is 9.59 Å². The highest BCUT2D eigenvalue weighted by Gasteiger charge is 2.15. The summed E-state index contributed by atoms with van der Waals surface area (Å²) >= 11 is 0. The molecule has 0 saturated heterocycles. The molecule has 8 heteroatoms.